The van der Waals surface area contributed by atoms with Crippen LogP contribution in [0.5, 0.6) is 11.5 Å². The number of nitrogens with one attached hydrogen (secondary N) is 1. The van der Waals surface area contributed by atoms with Crippen LogP contribution < -0.4 is 14.8 Å². The van der Waals surface area contributed by atoms with Crippen LogP contribution >= 0.6 is 0 Å². The average Bonchev–Trinajstić information content (AvgIpc) is 2.57. The summed E-state index contributed by atoms with van der Waals surface area (Å²) in [5, 5.41) is 3.44. The number of benzene rings is 1. The molecule has 4 heteroatoms. The molecule has 1 fully saturated rings. The summed E-state index contributed by atoms with van der Waals surface area (Å²) in [6, 6.07) is 6.90. The van der Waals surface area contributed by atoms with Gasteiger partial charge in [-0.2, -0.15) is 0 Å². The van der Waals surface area contributed by atoms with Crippen molar-refractivity contribution in [3.8, 4) is 11.5 Å². The molecule has 1 atom stereocenters. The molecule has 4 nitrogen and oxygen atoms in total. The van der Waals surface area contributed by atoms with E-state index in [2.05, 4.69) is 35.3 Å². The highest BCUT2D eigenvalue weighted by Gasteiger charge is 2.22. The smallest absolute Gasteiger partial charge is 0.161 e. The second kappa shape index (κ2) is 9.01. The van der Waals surface area contributed by atoms with E-state index in [0.29, 0.717) is 12.6 Å². The van der Waals surface area contributed by atoms with Crippen LogP contribution in [-0.4, -0.2) is 44.8 Å². The minimum absolute atomic E-state index is 0.478. The van der Waals surface area contributed by atoms with Gasteiger partial charge in [-0.25, -0.2) is 0 Å². The number of piperazine rings is 1. The van der Waals surface area contributed by atoms with Crippen LogP contribution in [0.1, 0.15) is 44.7 Å². The van der Waals surface area contributed by atoms with Crippen LogP contribution in [0.2, 0.25) is 0 Å². The van der Waals surface area contributed by atoms with Crippen LogP contribution in [-0.2, 0) is 0 Å². The van der Waals surface area contributed by atoms with E-state index >= 15 is 0 Å². The van der Waals surface area contributed by atoms with Crippen LogP contribution in [0.4, 0.5) is 0 Å². The summed E-state index contributed by atoms with van der Waals surface area (Å²) in [7, 11) is 1.72. The fourth-order valence-corrected chi connectivity index (χ4v) is 3.12. The van der Waals surface area contributed by atoms with Gasteiger partial charge in [-0.1, -0.05) is 25.8 Å². The number of nitrogens with zero attached hydrogens (tertiary/aromatic N) is 1. The van der Waals surface area contributed by atoms with E-state index in [-0.39, 0.29) is 0 Å². The lowest BCUT2D eigenvalue weighted by Crippen LogP contribution is -2.45. The van der Waals surface area contributed by atoms with Gasteiger partial charge in [-0.3, -0.25) is 4.90 Å². The Bertz CT molecular complexity index is 445. The summed E-state index contributed by atoms with van der Waals surface area (Å²) in [5.74, 6) is 1.68. The van der Waals surface area contributed by atoms with E-state index in [9.17, 15) is 0 Å². The Labute approximate surface area is 134 Å². The predicted octanol–water partition coefficient (Wildman–Crippen LogP) is 3.23. The fraction of sp³-hybridized carbons (Fsp3) is 0.667. The number of hydrogen-bond acceptors (Lipinski definition) is 4. The summed E-state index contributed by atoms with van der Waals surface area (Å²) in [4.78, 5) is 2.60. The maximum Gasteiger partial charge on any atom is 0.161 e. The molecule has 0 aromatic heterocycles. The molecule has 0 bridgehead atoms. The van der Waals surface area contributed by atoms with Crippen molar-refractivity contribution in [1.29, 1.82) is 0 Å². The first-order chi connectivity index (χ1) is 10.8. The molecule has 0 spiro atoms. The van der Waals surface area contributed by atoms with Crippen molar-refractivity contribution in [3.63, 3.8) is 0 Å². The molecule has 0 amide bonds. The highest BCUT2D eigenvalue weighted by atomic mass is 16.5. The van der Waals surface area contributed by atoms with Gasteiger partial charge in [0.25, 0.3) is 0 Å². The molecule has 0 aliphatic carbocycles. The van der Waals surface area contributed by atoms with Gasteiger partial charge in [0.1, 0.15) is 0 Å². The third kappa shape index (κ3) is 4.37. The number of hydrogen-bond donors (Lipinski definition) is 1. The van der Waals surface area contributed by atoms with Gasteiger partial charge >= 0.3 is 0 Å². The van der Waals surface area contributed by atoms with Crippen molar-refractivity contribution in [1.82, 2.24) is 10.2 Å². The Morgan fingerprint density at radius 2 is 1.95 bits per heavy atom. The number of methoxy groups -OCH3 is 1. The molecule has 2 rings (SSSR count). The largest absolute Gasteiger partial charge is 0.493 e. The molecule has 1 heterocycles. The Hall–Kier alpha value is -1.26. The number of ether oxygens (including phenoxy) is 2. The predicted molar refractivity (Wildman–Crippen MR) is 90.9 cm³/mol. The third-order valence-electron chi connectivity index (χ3n) is 4.30. The molecule has 1 aliphatic rings. The fourth-order valence-electron chi connectivity index (χ4n) is 3.12. The van der Waals surface area contributed by atoms with Gasteiger partial charge in [-0.15, -0.1) is 0 Å². The van der Waals surface area contributed by atoms with Crippen LogP contribution in [0.15, 0.2) is 18.2 Å². The van der Waals surface area contributed by atoms with Crippen molar-refractivity contribution in [3.05, 3.63) is 23.8 Å². The Morgan fingerprint density at radius 1 is 1.18 bits per heavy atom. The zero-order valence-corrected chi connectivity index (χ0v) is 14.2. The van der Waals surface area contributed by atoms with Crippen molar-refractivity contribution in [2.75, 3.05) is 39.9 Å². The molecular formula is C18H30N2O2. The molecule has 0 radical (unpaired) electrons. The van der Waals surface area contributed by atoms with E-state index in [1.54, 1.807) is 7.11 Å². The van der Waals surface area contributed by atoms with Crippen molar-refractivity contribution in [2.45, 2.75) is 39.2 Å². The van der Waals surface area contributed by atoms with Gasteiger partial charge in [0, 0.05) is 32.2 Å². The number of unbranched alkanes of at least 4 members (excludes halogenated alkanes) is 1. The monoisotopic (exact) mass is 306 g/mol. The van der Waals surface area contributed by atoms with Crippen LogP contribution in [0.25, 0.3) is 0 Å². The highest BCUT2D eigenvalue weighted by Crippen LogP contribution is 2.34. The first-order valence-electron chi connectivity index (χ1n) is 8.55. The van der Waals surface area contributed by atoms with Gasteiger partial charge in [-0.05, 0) is 31.0 Å². The zero-order valence-electron chi connectivity index (χ0n) is 14.2. The quantitative estimate of drug-likeness (QED) is 0.799. The minimum atomic E-state index is 0.478. The Kier molecular flexibility index (Phi) is 7.00. The molecule has 1 aromatic carbocycles. The summed E-state index contributed by atoms with van der Waals surface area (Å²) in [6.07, 6.45) is 3.69. The topological polar surface area (TPSA) is 33.7 Å². The number of rotatable bonds is 8. The molecule has 0 saturated carbocycles. The minimum Gasteiger partial charge on any atom is -0.493 e. The lowest BCUT2D eigenvalue weighted by atomic mass is 9.98. The summed E-state index contributed by atoms with van der Waals surface area (Å²) in [6.45, 7) is 9.31. The van der Waals surface area contributed by atoms with E-state index in [1.165, 1.54) is 24.8 Å². The van der Waals surface area contributed by atoms with E-state index in [0.717, 1.165) is 37.7 Å². The first kappa shape index (κ1) is 17.1. The van der Waals surface area contributed by atoms with Gasteiger partial charge in [0.05, 0.1) is 13.7 Å². The maximum absolute atomic E-state index is 5.64. The second-order valence-corrected chi connectivity index (χ2v) is 5.79. The summed E-state index contributed by atoms with van der Waals surface area (Å²) < 4.78 is 11.2. The summed E-state index contributed by atoms with van der Waals surface area (Å²) in [5.41, 5.74) is 1.34. The van der Waals surface area contributed by atoms with E-state index in [4.69, 9.17) is 9.47 Å². The van der Waals surface area contributed by atoms with Crippen molar-refractivity contribution in [2.24, 2.45) is 0 Å². The van der Waals surface area contributed by atoms with Crippen LogP contribution in [0.3, 0.4) is 0 Å². The van der Waals surface area contributed by atoms with Gasteiger partial charge < -0.3 is 14.8 Å². The molecule has 1 unspecified atom stereocenters. The van der Waals surface area contributed by atoms with Crippen molar-refractivity contribution < 1.29 is 9.47 Å². The molecule has 124 valence electrons. The lowest BCUT2D eigenvalue weighted by Gasteiger charge is -2.35. The molecule has 22 heavy (non-hydrogen) atoms. The van der Waals surface area contributed by atoms with E-state index < -0.39 is 0 Å². The normalized spacial score (nSPS) is 17.2. The third-order valence-corrected chi connectivity index (χ3v) is 4.30. The SMILES string of the molecule is CCCCC(c1ccc(OCC)c(OC)c1)N1CCNCC1. The van der Waals surface area contributed by atoms with Crippen LogP contribution in [0, 0.1) is 0 Å². The average molecular weight is 306 g/mol. The molecule has 1 aliphatic heterocycles. The molecular weight excluding hydrogens is 276 g/mol. The zero-order chi connectivity index (χ0) is 15.8. The standard InChI is InChI=1S/C18H30N2O2/c1-4-6-7-16(20-12-10-19-11-13-20)15-8-9-17(22-5-2)18(14-15)21-3/h8-9,14,16,19H,4-7,10-13H2,1-3H3. The van der Waals surface area contributed by atoms with Crippen molar-refractivity contribution >= 4 is 0 Å². The maximum atomic E-state index is 5.64. The lowest BCUT2D eigenvalue weighted by molar-refractivity contribution is 0.163. The Morgan fingerprint density at radius 3 is 2.59 bits per heavy atom. The molecule has 1 saturated heterocycles. The molecule has 1 N–H and O–H groups in total. The van der Waals surface area contributed by atoms with Gasteiger partial charge in [0.15, 0.2) is 11.5 Å². The summed E-state index contributed by atoms with van der Waals surface area (Å²) >= 11 is 0. The van der Waals surface area contributed by atoms with Gasteiger partial charge in [0.2, 0.25) is 0 Å². The van der Waals surface area contributed by atoms with E-state index in [1.807, 2.05) is 6.92 Å². The first-order valence-corrected chi connectivity index (χ1v) is 8.55. The Balaban J connectivity index is 2.21. The second-order valence-electron chi connectivity index (χ2n) is 5.79. The molecule has 1 aromatic rings. The highest BCUT2D eigenvalue weighted by molar-refractivity contribution is 5.44.